The van der Waals surface area contributed by atoms with Gasteiger partial charge in [0.2, 0.25) is 0 Å². The van der Waals surface area contributed by atoms with Crippen LogP contribution in [-0.2, 0) is 11.2 Å². The maximum Gasteiger partial charge on any atom is 0.320 e. The van der Waals surface area contributed by atoms with Crippen LogP contribution in [0.25, 0.3) is 0 Å². The first kappa shape index (κ1) is 18.2. The van der Waals surface area contributed by atoms with Crippen LogP contribution in [0.4, 0.5) is 0 Å². The van der Waals surface area contributed by atoms with Gasteiger partial charge < -0.3 is 15.2 Å². The Morgan fingerprint density at radius 3 is 2.96 bits per heavy atom. The van der Waals surface area contributed by atoms with Crippen molar-refractivity contribution in [2.75, 3.05) is 32.8 Å². The lowest BCUT2D eigenvalue weighted by Gasteiger charge is -2.21. The van der Waals surface area contributed by atoms with Crippen LogP contribution >= 0.6 is 0 Å². The fourth-order valence-corrected chi connectivity index (χ4v) is 3.91. The molecular weight excluding hydrogens is 316 g/mol. The second-order valence-corrected chi connectivity index (χ2v) is 7.32. The monoisotopic (exact) mass is 346 g/mol. The lowest BCUT2D eigenvalue weighted by Crippen LogP contribution is -2.40. The number of aryl methyl sites for hydroxylation is 1. The zero-order valence-electron chi connectivity index (χ0n) is 15.0. The normalized spacial score (nSPS) is 28.7. The number of aliphatic carboxylic acids is 1. The average molecular weight is 346 g/mol. The molecule has 1 fully saturated rings. The van der Waals surface area contributed by atoms with Gasteiger partial charge in [0.05, 0.1) is 6.61 Å². The molecule has 2 N–H and O–H groups in total. The van der Waals surface area contributed by atoms with E-state index in [1.807, 2.05) is 6.07 Å². The van der Waals surface area contributed by atoms with Crippen LogP contribution in [0.3, 0.4) is 0 Å². The van der Waals surface area contributed by atoms with Gasteiger partial charge in [-0.05, 0) is 49.9 Å². The summed E-state index contributed by atoms with van der Waals surface area (Å²) in [6, 6.07) is 7.99. The number of nitrogens with one attached hydrogen (secondary N) is 1. The number of hydrogen-bond donors (Lipinski definition) is 2. The molecule has 0 aliphatic carbocycles. The molecule has 4 bridgehead atoms. The molecule has 2 aliphatic rings. The molecule has 2 aliphatic heterocycles. The summed E-state index contributed by atoms with van der Waals surface area (Å²) in [6.45, 7) is 4.07. The molecule has 3 rings (SSSR count). The topological polar surface area (TPSA) is 61.8 Å². The van der Waals surface area contributed by atoms with Crippen LogP contribution in [0.5, 0.6) is 5.75 Å². The minimum absolute atomic E-state index is 0.278. The first-order chi connectivity index (χ1) is 12.2. The Bertz CT molecular complexity index is 564. The third-order valence-electron chi connectivity index (χ3n) is 5.30. The fraction of sp³-hybridized carbons (Fsp3) is 0.650. The van der Waals surface area contributed by atoms with Crippen molar-refractivity contribution in [3.63, 3.8) is 0 Å². The zero-order chi connectivity index (χ0) is 17.5. The molecule has 1 aromatic carbocycles. The van der Waals surface area contributed by atoms with Crippen molar-refractivity contribution in [2.45, 2.75) is 44.6 Å². The van der Waals surface area contributed by atoms with E-state index in [-0.39, 0.29) is 12.0 Å². The number of nitrogens with zero attached hydrogens (tertiary/aromatic N) is 1. The fourth-order valence-electron chi connectivity index (χ4n) is 3.91. The van der Waals surface area contributed by atoms with Crippen LogP contribution in [-0.4, -0.2) is 54.8 Å². The van der Waals surface area contributed by atoms with Crippen LogP contribution in [0, 0.1) is 5.92 Å². The molecule has 3 atom stereocenters. The highest BCUT2D eigenvalue weighted by Crippen LogP contribution is 2.25. The third-order valence-corrected chi connectivity index (χ3v) is 5.30. The van der Waals surface area contributed by atoms with Crippen LogP contribution in [0.15, 0.2) is 24.3 Å². The van der Waals surface area contributed by atoms with Crippen molar-refractivity contribution in [1.82, 2.24) is 10.2 Å². The molecule has 1 aromatic rings. The quantitative estimate of drug-likeness (QED) is 0.818. The lowest BCUT2D eigenvalue weighted by atomic mass is 10.1. The molecule has 1 saturated heterocycles. The molecular formula is C20H30N2O3. The highest BCUT2D eigenvalue weighted by Gasteiger charge is 2.36. The summed E-state index contributed by atoms with van der Waals surface area (Å²) in [6.07, 6.45) is 6.68. The van der Waals surface area contributed by atoms with Gasteiger partial charge in [0, 0.05) is 25.6 Å². The van der Waals surface area contributed by atoms with Crippen LogP contribution < -0.4 is 10.1 Å². The SMILES string of the molecule is O=C(O)C1CC2COc3cccc(c3)CCCCCCNCCN1C2. The average Bonchev–Trinajstić information content (AvgIpc) is 3.02. The molecule has 0 spiro atoms. The third kappa shape index (κ3) is 5.44. The summed E-state index contributed by atoms with van der Waals surface area (Å²) in [5, 5.41) is 13.0. The summed E-state index contributed by atoms with van der Waals surface area (Å²) in [5.74, 6) is 0.480. The molecule has 138 valence electrons. The molecule has 0 saturated carbocycles. The number of fused-ring (bicyclic) bond motifs is 4. The molecule has 0 aromatic heterocycles. The van der Waals surface area contributed by atoms with E-state index in [0.29, 0.717) is 13.0 Å². The summed E-state index contributed by atoms with van der Waals surface area (Å²) in [4.78, 5) is 13.7. The van der Waals surface area contributed by atoms with Crippen LogP contribution in [0.2, 0.25) is 0 Å². The lowest BCUT2D eigenvalue weighted by molar-refractivity contribution is -0.142. The molecule has 0 amide bonds. The number of rotatable bonds is 1. The maximum absolute atomic E-state index is 11.6. The van der Waals surface area contributed by atoms with E-state index in [0.717, 1.165) is 38.3 Å². The van der Waals surface area contributed by atoms with E-state index in [9.17, 15) is 9.90 Å². The molecule has 0 radical (unpaired) electrons. The predicted molar refractivity (Wildman–Crippen MR) is 98.1 cm³/mol. The zero-order valence-corrected chi connectivity index (χ0v) is 15.0. The number of carbonyl (C=O) groups is 1. The van der Waals surface area contributed by atoms with E-state index >= 15 is 0 Å². The Morgan fingerprint density at radius 2 is 2.08 bits per heavy atom. The first-order valence-corrected chi connectivity index (χ1v) is 9.61. The largest absolute Gasteiger partial charge is 0.493 e. The van der Waals surface area contributed by atoms with E-state index < -0.39 is 5.97 Å². The van der Waals surface area contributed by atoms with E-state index in [2.05, 4.69) is 28.4 Å². The summed E-state index contributed by atoms with van der Waals surface area (Å²) in [7, 11) is 0. The second-order valence-electron chi connectivity index (χ2n) is 7.32. The van der Waals surface area contributed by atoms with Gasteiger partial charge in [-0.15, -0.1) is 0 Å². The first-order valence-electron chi connectivity index (χ1n) is 9.61. The predicted octanol–water partition coefficient (Wildman–Crippen LogP) is 2.55. The Labute approximate surface area is 150 Å². The number of carboxylic acid groups (broad SMARTS) is 1. The molecule has 5 heteroatoms. The van der Waals surface area contributed by atoms with Crippen molar-refractivity contribution in [3.05, 3.63) is 29.8 Å². The Balaban J connectivity index is 1.65. The van der Waals surface area contributed by atoms with Gasteiger partial charge in [-0.1, -0.05) is 25.0 Å². The number of benzene rings is 1. The smallest absolute Gasteiger partial charge is 0.320 e. The van der Waals surface area contributed by atoms with E-state index in [4.69, 9.17) is 4.74 Å². The number of ether oxygens (including phenoxy) is 1. The van der Waals surface area contributed by atoms with Gasteiger partial charge in [-0.25, -0.2) is 0 Å². The maximum atomic E-state index is 11.6. The Morgan fingerprint density at radius 1 is 1.20 bits per heavy atom. The van der Waals surface area contributed by atoms with E-state index in [1.54, 1.807) is 0 Å². The molecule has 3 unspecified atom stereocenters. The van der Waals surface area contributed by atoms with E-state index in [1.165, 1.54) is 31.2 Å². The van der Waals surface area contributed by atoms with Gasteiger partial charge in [-0.3, -0.25) is 9.69 Å². The Hall–Kier alpha value is -1.59. The minimum atomic E-state index is -0.709. The van der Waals surface area contributed by atoms with Gasteiger partial charge in [0.1, 0.15) is 11.8 Å². The van der Waals surface area contributed by atoms with Gasteiger partial charge in [-0.2, -0.15) is 0 Å². The highest BCUT2D eigenvalue weighted by atomic mass is 16.5. The highest BCUT2D eigenvalue weighted by molar-refractivity contribution is 5.73. The molecule has 2 heterocycles. The summed E-state index contributed by atoms with van der Waals surface area (Å²) >= 11 is 0. The molecule has 25 heavy (non-hydrogen) atoms. The van der Waals surface area contributed by atoms with Crippen molar-refractivity contribution >= 4 is 5.97 Å². The van der Waals surface area contributed by atoms with Crippen molar-refractivity contribution in [2.24, 2.45) is 5.92 Å². The molecule has 5 nitrogen and oxygen atoms in total. The number of carboxylic acids is 1. The van der Waals surface area contributed by atoms with Crippen molar-refractivity contribution in [1.29, 1.82) is 0 Å². The van der Waals surface area contributed by atoms with Crippen molar-refractivity contribution in [3.8, 4) is 5.75 Å². The standard InChI is InChI=1S/C20H30N2O3/c23-20(24)19-13-17-14-22(19)11-10-21-9-4-2-1-3-6-16-7-5-8-18(12-16)25-15-17/h5,7-8,12,17,19,21H,1-4,6,9-11,13-15H2,(H,23,24). The Kier molecular flexibility index (Phi) is 6.70. The summed E-state index contributed by atoms with van der Waals surface area (Å²) in [5.41, 5.74) is 1.33. The second kappa shape index (κ2) is 9.20. The van der Waals surface area contributed by atoms with Gasteiger partial charge >= 0.3 is 5.97 Å². The van der Waals surface area contributed by atoms with Crippen molar-refractivity contribution < 1.29 is 14.6 Å². The number of hydrogen-bond acceptors (Lipinski definition) is 4. The van der Waals surface area contributed by atoms with Gasteiger partial charge in [0.15, 0.2) is 0 Å². The summed E-state index contributed by atoms with van der Waals surface area (Å²) < 4.78 is 5.99. The minimum Gasteiger partial charge on any atom is -0.493 e. The van der Waals surface area contributed by atoms with Gasteiger partial charge in [0.25, 0.3) is 0 Å². The van der Waals surface area contributed by atoms with Crippen LogP contribution in [0.1, 0.15) is 37.7 Å².